The number of hydrogen-bond donors (Lipinski definition) is 0. The van der Waals surface area contributed by atoms with Crippen molar-refractivity contribution in [2.75, 3.05) is 26.4 Å². The number of rotatable bonds is 30. The van der Waals surface area contributed by atoms with Crippen molar-refractivity contribution in [3.8, 4) is 0 Å². The zero-order chi connectivity index (χ0) is 65.7. The third kappa shape index (κ3) is 16.9. The summed E-state index contributed by atoms with van der Waals surface area (Å²) in [5.41, 5.74) is 0. The molecule has 3 fully saturated rings. The molecule has 0 bridgehead atoms. The Hall–Kier alpha value is -2.89. The highest BCUT2D eigenvalue weighted by Crippen LogP contribution is 2.52. The molecule has 0 radical (unpaired) electrons. The van der Waals surface area contributed by atoms with Crippen LogP contribution in [0.4, 0.5) is 154 Å². The van der Waals surface area contributed by atoms with Gasteiger partial charge in [0.15, 0.2) is 30.9 Å². The van der Waals surface area contributed by atoms with E-state index in [1.54, 1.807) is 9.47 Å². The molecule has 16 atom stereocenters. The molecular formula is C38H32BrF35O10. The lowest BCUT2D eigenvalue weighted by molar-refractivity contribution is -0.558. The van der Waals surface area contributed by atoms with Gasteiger partial charge in [-0.15, -0.1) is 13.2 Å². The van der Waals surface area contributed by atoms with Crippen molar-refractivity contribution in [2.45, 2.75) is 170 Å². The van der Waals surface area contributed by atoms with E-state index >= 15 is 4.39 Å². The van der Waals surface area contributed by atoms with Crippen LogP contribution in [-0.2, 0) is 47.4 Å². The average molecular weight is 1390 g/mol. The Labute approximate surface area is 451 Å². The number of alkyl halides is 36. The second kappa shape index (κ2) is 25.9. The van der Waals surface area contributed by atoms with E-state index in [-0.39, 0.29) is 12.2 Å². The molecule has 16 unspecified atom stereocenters. The first kappa shape index (κ1) is 75.4. The zero-order valence-corrected chi connectivity index (χ0v) is 41.1. The largest absolute Gasteiger partial charge is 0.453 e. The minimum atomic E-state index is -7.71. The van der Waals surface area contributed by atoms with Gasteiger partial charge < -0.3 is 18.9 Å². The van der Waals surface area contributed by atoms with Crippen LogP contribution in [0.15, 0.2) is 25.3 Å². The summed E-state index contributed by atoms with van der Waals surface area (Å²) in [6, 6.07) is 0. The van der Waals surface area contributed by atoms with Crippen molar-refractivity contribution >= 4 is 15.9 Å². The van der Waals surface area contributed by atoms with Gasteiger partial charge in [-0.3, -0.25) is 0 Å². The SMILES string of the molecule is C=CC1C(F)C(F)C(F)C(OCC(F)(F)OC(F)(F)C(F)(F)OC(F)(F)C(F)(F)OC(F)(F)COC2C(F)C(Br)C(F)C(OCC(F)(F)OC(F)(F)C(F)(F)OC(F)(F)C(F)(F)OC(F)(F)COC3C(F)C(F)C(F)C(C=C)C3F)C2F)C1F. The first-order valence-corrected chi connectivity index (χ1v) is 22.5. The van der Waals surface area contributed by atoms with Crippen LogP contribution in [0.3, 0.4) is 0 Å². The third-order valence-electron chi connectivity index (χ3n) is 11.1. The highest BCUT2D eigenvalue weighted by molar-refractivity contribution is 9.09. The van der Waals surface area contributed by atoms with E-state index in [1.165, 1.54) is 0 Å². The lowest BCUT2D eigenvalue weighted by Crippen LogP contribution is -2.61. The molecule has 0 saturated heterocycles. The number of ether oxygens (including phenoxy) is 10. The molecule has 10 nitrogen and oxygen atoms in total. The van der Waals surface area contributed by atoms with Gasteiger partial charge in [-0.1, -0.05) is 28.1 Å². The lowest BCUT2D eigenvalue weighted by atomic mass is 9.81. The highest BCUT2D eigenvalue weighted by Gasteiger charge is 2.76. The van der Waals surface area contributed by atoms with Gasteiger partial charge >= 0.3 is 73.3 Å². The topological polar surface area (TPSA) is 92.3 Å². The summed E-state index contributed by atoms with van der Waals surface area (Å²) in [7, 11) is 0. The van der Waals surface area contributed by atoms with Crippen LogP contribution in [0.5, 0.6) is 0 Å². The maximum Gasteiger partial charge on any atom is 0.453 e. The number of halogens is 36. The standard InChI is InChI=1S/C38H32BrF35O10/c1-3-9-12(40)18(46)20(48)23(14(9)42)75-5-27(51,52)79-31(59,60)35(67,68)83-37(71,72)33(63,64)81-29(55,56)7-77-25-16(44)11(39)17(45)26(22(25)50)78-8-30(57,58)82-34(65,66)38(73,74)84-36(69,70)32(61,62)80-28(53,54)6-76-24-15(43)10(4-2)13(41)19(47)21(24)49/h3-4,9-26H,1-2,5-8H2. The Morgan fingerprint density at radius 2 is 0.452 bits per heavy atom. The molecule has 0 aromatic rings. The summed E-state index contributed by atoms with van der Waals surface area (Å²) in [5.74, 6) is -4.83. The van der Waals surface area contributed by atoms with Gasteiger partial charge in [0.05, 0.1) is 4.83 Å². The Kier molecular flexibility index (Phi) is 23.2. The monoisotopic (exact) mass is 1390 g/mol. The van der Waals surface area contributed by atoms with E-state index in [1.807, 2.05) is 15.9 Å². The van der Waals surface area contributed by atoms with Crippen LogP contribution in [0.1, 0.15) is 0 Å². The van der Waals surface area contributed by atoms with Gasteiger partial charge in [-0.25, -0.2) is 76.7 Å². The fourth-order valence-corrected chi connectivity index (χ4v) is 7.65. The zero-order valence-electron chi connectivity index (χ0n) is 39.5. The molecule has 0 N–H and O–H groups in total. The van der Waals surface area contributed by atoms with Gasteiger partial charge in [-0.2, -0.15) is 105 Å². The molecule has 496 valence electrons. The van der Waals surface area contributed by atoms with Gasteiger partial charge in [0.2, 0.25) is 0 Å². The van der Waals surface area contributed by atoms with Crippen molar-refractivity contribution in [1.29, 1.82) is 0 Å². The first-order chi connectivity index (χ1) is 37.4. The van der Waals surface area contributed by atoms with Crippen molar-refractivity contribution in [1.82, 2.24) is 0 Å². The van der Waals surface area contributed by atoms with Crippen LogP contribution >= 0.6 is 15.9 Å². The predicted octanol–water partition coefficient (Wildman–Crippen LogP) is 12.9. The number of allylic oxidation sites excluding steroid dienone is 2. The summed E-state index contributed by atoms with van der Waals surface area (Å²) in [6.07, 6.45) is -137. The Morgan fingerprint density at radius 3 is 0.655 bits per heavy atom. The smallest absolute Gasteiger partial charge is 0.363 e. The molecular weight excluding hydrogens is 1360 g/mol. The molecule has 84 heavy (non-hydrogen) atoms. The summed E-state index contributed by atoms with van der Waals surface area (Å²) >= 11 is 1.93. The molecule has 0 aromatic carbocycles. The normalized spacial score (nSPS) is 33.5. The van der Waals surface area contributed by atoms with E-state index < -0.39 is 209 Å². The second-order valence-electron chi connectivity index (χ2n) is 17.4. The molecule has 0 aromatic heterocycles. The van der Waals surface area contributed by atoms with Crippen molar-refractivity contribution in [2.24, 2.45) is 11.8 Å². The Morgan fingerprint density at radius 1 is 0.262 bits per heavy atom. The average Bonchev–Trinajstić information content (AvgIpc) is 3.15. The molecule has 0 heterocycles. The van der Waals surface area contributed by atoms with E-state index in [0.717, 1.165) is 0 Å². The van der Waals surface area contributed by atoms with Crippen molar-refractivity contribution in [3.05, 3.63) is 25.3 Å². The molecule has 46 heteroatoms. The van der Waals surface area contributed by atoms with Crippen LogP contribution < -0.4 is 0 Å². The Bertz CT molecular complexity index is 2030. The minimum Gasteiger partial charge on any atom is -0.363 e. The second-order valence-corrected chi connectivity index (χ2v) is 18.4. The predicted molar refractivity (Wildman–Crippen MR) is 199 cm³/mol. The molecule has 3 saturated carbocycles. The summed E-state index contributed by atoms with van der Waals surface area (Å²) in [4.78, 5) is -2.97. The van der Waals surface area contributed by atoms with Gasteiger partial charge in [0.25, 0.3) is 0 Å². The van der Waals surface area contributed by atoms with Gasteiger partial charge in [0.1, 0.15) is 87.9 Å². The fourth-order valence-electron chi connectivity index (χ4n) is 7.05. The fraction of sp³-hybridized carbons (Fsp3) is 0.895. The Balaban J connectivity index is 1.67. The first-order valence-electron chi connectivity index (χ1n) is 21.6. The summed E-state index contributed by atoms with van der Waals surface area (Å²) in [5, 5.41) is 0. The maximum atomic E-state index is 15.2. The van der Waals surface area contributed by atoms with E-state index in [0.29, 0.717) is 0 Å². The molecule has 3 aliphatic carbocycles. The van der Waals surface area contributed by atoms with Crippen molar-refractivity contribution in [3.63, 3.8) is 0 Å². The van der Waals surface area contributed by atoms with Gasteiger partial charge in [-0.05, 0) is 0 Å². The molecule has 0 aliphatic heterocycles. The molecule has 3 aliphatic rings. The third-order valence-corrected chi connectivity index (χ3v) is 12.1. The van der Waals surface area contributed by atoms with Crippen LogP contribution in [0.25, 0.3) is 0 Å². The minimum absolute atomic E-state index is 0.238. The summed E-state index contributed by atoms with van der Waals surface area (Å²) < 4.78 is 523. The maximum absolute atomic E-state index is 15.2. The van der Waals surface area contributed by atoms with E-state index in [4.69, 9.17) is 0 Å². The number of hydrogen-bond acceptors (Lipinski definition) is 10. The van der Waals surface area contributed by atoms with E-state index in [9.17, 15) is 149 Å². The summed E-state index contributed by atoms with van der Waals surface area (Å²) in [6.45, 7) is -7.50. The molecule has 0 amide bonds. The highest BCUT2D eigenvalue weighted by atomic mass is 79.9. The quantitative estimate of drug-likeness (QED) is 0.0393. The molecule has 0 spiro atoms. The molecule has 3 rings (SSSR count). The van der Waals surface area contributed by atoms with E-state index in [2.05, 4.69) is 51.1 Å². The van der Waals surface area contributed by atoms with Crippen molar-refractivity contribution < 1.29 is 201 Å². The van der Waals surface area contributed by atoms with Gasteiger partial charge in [0, 0.05) is 11.8 Å². The van der Waals surface area contributed by atoms with Crippen LogP contribution in [0.2, 0.25) is 0 Å². The van der Waals surface area contributed by atoms with Crippen LogP contribution in [0, 0.1) is 11.8 Å². The van der Waals surface area contributed by atoms with Crippen LogP contribution in [-0.4, -0.2) is 197 Å². The lowest BCUT2D eigenvalue weighted by Gasteiger charge is -2.41.